The average Bonchev–Trinajstić information content (AvgIpc) is 2.79. The fraction of sp³-hybridized carbons (Fsp3) is 0.348. The standard InChI is InChI=1S/C23H27N5O2/c1-26-13-15-27(16-14-26)21-10-6-5-7-18(21)17-24-23(30)20-11-12-22(29)28(25-20)19-8-3-2-4-9-19/h2-10H,11-17H2,1H3,(H,24,30). The molecule has 0 atom stereocenters. The quantitative estimate of drug-likeness (QED) is 0.828. The first-order valence-electron chi connectivity index (χ1n) is 10.4. The maximum Gasteiger partial charge on any atom is 0.267 e. The van der Waals surface area contributed by atoms with Crippen LogP contribution in [0.4, 0.5) is 11.4 Å². The van der Waals surface area contributed by atoms with Crippen LogP contribution in [0.5, 0.6) is 0 Å². The van der Waals surface area contributed by atoms with Gasteiger partial charge in [-0.05, 0) is 30.8 Å². The molecule has 1 fully saturated rings. The number of carbonyl (C=O) groups excluding carboxylic acids is 2. The highest BCUT2D eigenvalue weighted by molar-refractivity contribution is 6.40. The van der Waals surface area contributed by atoms with E-state index in [1.807, 2.05) is 42.5 Å². The number of anilines is 2. The van der Waals surface area contributed by atoms with Crippen molar-refractivity contribution in [3.05, 3.63) is 60.2 Å². The molecular weight excluding hydrogens is 378 g/mol. The summed E-state index contributed by atoms with van der Waals surface area (Å²) in [6.45, 7) is 4.44. The summed E-state index contributed by atoms with van der Waals surface area (Å²) in [6.07, 6.45) is 0.632. The lowest BCUT2D eigenvalue weighted by atomic mass is 10.1. The van der Waals surface area contributed by atoms with Crippen LogP contribution in [0.15, 0.2) is 59.7 Å². The second-order valence-electron chi connectivity index (χ2n) is 7.69. The number of likely N-dealkylation sites (N-methyl/N-ethyl adjacent to an activating group) is 1. The Bertz CT molecular complexity index is 936. The lowest BCUT2D eigenvalue weighted by Gasteiger charge is -2.35. The van der Waals surface area contributed by atoms with Gasteiger partial charge in [-0.15, -0.1) is 0 Å². The lowest BCUT2D eigenvalue weighted by Crippen LogP contribution is -2.45. The molecule has 7 heteroatoms. The number of carbonyl (C=O) groups is 2. The third-order valence-electron chi connectivity index (χ3n) is 5.57. The third kappa shape index (κ3) is 4.52. The Kier molecular flexibility index (Phi) is 6.09. The minimum Gasteiger partial charge on any atom is -0.369 e. The van der Waals surface area contributed by atoms with Gasteiger partial charge < -0.3 is 15.1 Å². The molecule has 2 heterocycles. The van der Waals surface area contributed by atoms with Gasteiger partial charge >= 0.3 is 0 Å². The first-order chi connectivity index (χ1) is 14.6. The molecular formula is C23H27N5O2. The number of benzene rings is 2. The number of piperazine rings is 1. The highest BCUT2D eigenvalue weighted by Gasteiger charge is 2.25. The van der Waals surface area contributed by atoms with Gasteiger partial charge in [0.1, 0.15) is 5.71 Å². The maximum atomic E-state index is 12.8. The minimum absolute atomic E-state index is 0.0989. The average molecular weight is 406 g/mol. The highest BCUT2D eigenvalue weighted by atomic mass is 16.2. The summed E-state index contributed by atoms with van der Waals surface area (Å²) < 4.78 is 0. The van der Waals surface area contributed by atoms with Crippen molar-refractivity contribution in [2.75, 3.05) is 43.1 Å². The van der Waals surface area contributed by atoms with Crippen molar-refractivity contribution < 1.29 is 9.59 Å². The molecule has 0 spiro atoms. The fourth-order valence-electron chi connectivity index (χ4n) is 3.78. The van der Waals surface area contributed by atoms with Crippen molar-refractivity contribution in [3.63, 3.8) is 0 Å². The molecule has 1 N–H and O–H groups in total. The van der Waals surface area contributed by atoms with Crippen molar-refractivity contribution in [2.24, 2.45) is 5.10 Å². The van der Waals surface area contributed by atoms with E-state index in [1.54, 1.807) is 0 Å². The normalized spacial score (nSPS) is 17.6. The topological polar surface area (TPSA) is 68.2 Å². The van der Waals surface area contributed by atoms with Crippen LogP contribution in [0.25, 0.3) is 0 Å². The Labute approximate surface area is 177 Å². The Morgan fingerprint density at radius 3 is 2.43 bits per heavy atom. The number of hydrazone groups is 1. The molecule has 30 heavy (non-hydrogen) atoms. The van der Waals surface area contributed by atoms with Gasteiger partial charge in [-0.3, -0.25) is 9.59 Å². The van der Waals surface area contributed by atoms with Gasteiger partial charge in [0, 0.05) is 51.3 Å². The number of amides is 2. The largest absolute Gasteiger partial charge is 0.369 e. The monoisotopic (exact) mass is 405 g/mol. The number of nitrogens with one attached hydrogen (secondary N) is 1. The summed E-state index contributed by atoms with van der Waals surface area (Å²) in [5.74, 6) is -0.324. The van der Waals surface area contributed by atoms with E-state index in [0.29, 0.717) is 24.4 Å². The predicted octanol–water partition coefficient (Wildman–Crippen LogP) is 2.24. The summed E-state index contributed by atoms with van der Waals surface area (Å²) in [5.41, 5.74) is 3.31. The summed E-state index contributed by atoms with van der Waals surface area (Å²) in [4.78, 5) is 29.7. The van der Waals surface area contributed by atoms with Gasteiger partial charge in [0.15, 0.2) is 0 Å². The van der Waals surface area contributed by atoms with Crippen LogP contribution in [0.3, 0.4) is 0 Å². The lowest BCUT2D eigenvalue weighted by molar-refractivity contribution is -0.119. The molecule has 0 unspecified atom stereocenters. The summed E-state index contributed by atoms with van der Waals surface area (Å²) in [6, 6.07) is 17.4. The molecule has 1 saturated heterocycles. The molecule has 0 saturated carbocycles. The van der Waals surface area contributed by atoms with Crippen LogP contribution in [0.1, 0.15) is 18.4 Å². The van der Waals surface area contributed by atoms with E-state index in [-0.39, 0.29) is 18.2 Å². The van der Waals surface area contributed by atoms with E-state index in [4.69, 9.17) is 0 Å². The summed E-state index contributed by atoms with van der Waals surface area (Å²) >= 11 is 0. The SMILES string of the molecule is CN1CCN(c2ccccc2CNC(=O)C2=NN(c3ccccc3)C(=O)CC2)CC1. The molecule has 7 nitrogen and oxygen atoms in total. The highest BCUT2D eigenvalue weighted by Crippen LogP contribution is 2.22. The molecule has 2 aromatic carbocycles. The van der Waals surface area contributed by atoms with E-state index in [2.05, 4.69) is 39.4 Å². The Hall–Kier alpha value is -3.19. The minimum atomic E-state index is -0.225. The molecule has 0 aliphatic carbocycles. The molecule has 4 rings (SSSR count). The zero-order valence-electron chi connectivity index (χ0n) is 17.3. The number of nitrogens with zero attached hydrogens (tertiary/aromatic N) is 4. The molecule has 2 aliphatic rings. The van der Waals surface area contributed by atoms with Crippen LogP contribution in [0, 0.1) is 0 Å². The van der Waals surface area contributed by atoms with Crippen molar-refractivity contribution in [1.82, 2.24) is 10.2 Å². The van der Waals surface area contributed by atoms with E-state index >= 15 is 0 Å². The van der Waals surface area contributed by atoms with E-state index in [9.17, 15) is 9.59 Å². The summed E-state index contributed by atoms with van der Waals surface area (Å²) in [5, 5.41) is 8.67. The zero-order valence-corrected chi connectivity index (χ0v) is 17.3. The second kappa shape index (κ2) is 9.09. The fourth-order valence-corrected chi connectivity index (χ4v) is 3.78. The smallest absolute Gasteiger partial charge is 0.267 e. The summed E-state index contributed by atoms with van der Waals surface area (Å²) in [7, 11) is 2.14. The zero-order chi connectivity index (χ0) is 20.9. The maximum absolute atomic E-state index is 12.8. The number of para-hydroxylation sites is 2. The molecule has 2 amide bonds. The van der Waals surface area contributed by atoms with Gasteiger partial charge in [0.25, 0.3) is 5.91 Å². The van der Waals surface area contributed by atoms with E-state index < -0.39 is 0 Å². The molecule has 0 radical (unpaired) electrons. The van der Waals surface area contributed by atoms with Crippen LogP contribution >= 0.6 is 0 Å². The first-order valence-corrected chi connectivity index (χ1v) is 10.4. The molecule has 0 bridgehead atoms. The molecule has 2 aromatic rings. The molecule has 0 aromatic heterocycles. The number of hydrogen-bond donors (Lipinski definition) is 1. The third-order valence-corrected chi connectivity index (χ3v) is 5.57. The molecule has 2 aliphatic heterocycles. The first kappa shape index (κ1) is 20.1. The Morgan fingerprint density at radius 1 is 0.967 bits per heavy atom. The van der Waals surface area contributed by atoms with Gasteiger partial charge in [0.2, 0.25) is 5.91 Å². The number of hydrogen-bond acceptors (Lipinski definition) is 5. The van der Waals surface area contributed by atoms with Crippen molar-refractivity contribution in [2.45, 2.75) is 19.4 Å². The second-order valence-corrected chi connectivity index (χ2v) is 7.69. The van der Waals surface area contributed by atoms with Crippen LogP contribution in [-0.2, 0) is 16.1 Å². The van der Waals surface area contributed by atoms with Crippen molar-refractivity contribution in [3.8, 4) is 0 Å². The van der Waals surface area contributed by atoms with Gasteiger partial charge in [0.05, 0.1) is 5.69 Å². The van der Waals surface area contributed by atoms with Gasteiger partial charge in [-0.25, -0.2) is 5.01 Å². The van der Waals surface area contributed by atoms with Crippen LogP contribution in [0.2, 0.25) is 0 Å². The van der Waals surface area contributed by atoms with Crippen LogP contribution in [-0.4, -0.2) is 55.7 Å². The Balaban J connectivity index is 1.44. The Morgan fingerprint density at radius 2 is 1.67 bits per heavy atom. The van der Waals surface area contributed by atoms with Crippen molar-refractivity contribution >= 4 is 28.9 Å². The predicted molar refractivity (Wildman–Crippen MR) is 119 cm³/mol. The van der Waals surface area contributed by atoms with Gasteiger partial charge in [-0.2, -0.15) is 5.10 Å². The van der Waals surface area contributed by atoms with Crippen LogP contribution < -0.4 is 15.2 Å². The van der Waals surface area contributed by atoms with Gasteiger partial charge in [-0.1, -0.05) is 36.4 Å². The number of rotatable bonds is 5. The van der Waals surface area contributed by atoms with E-state index in [0.717, 1.165) is 37.4 Å². The molecule has 156 valence electrons. The van der Waals surface area contributed by atoms with Crippen molar-refractivity contribution in [1.29, 1.82) is 0 Å². The van der Waals surface area contributed by atoms with E-state index in [1.165, 1.54) is 5.01 Å².